The average Bonchev–Trinajstić information content (AvgIpc) is 3.07. The van der Waals surface area contributed by atoms with Gasteiger partial charge in [0.05, 0.1) is 41.6 Å². The highest BCUT2D eigenvalue weighted by molar-refractivity contribution is 5.88. The molecule has 14 nitrogen and oxygen atoms in total. The van der Waals surface area contributed by atoms with Gasteiger partial charge in [-0.3, -0.25) is 4.79 Å². The maximum atomic E-state index is 14.1. The van der Waals surface area contributed by atoms with Crippen molar-refractivity contribution < 1.29 is 58.5 Å². The standard InChI is InChI=1S/C37H66N2O12/c1-14-25-20(4)28(40)21(5)27(38-44)18(2)16-35(8,43)31-22(6)29(23(7)32(41)47-25)48-26-17-36(9,45-13)34(42)37(10,50-26)51-30-24(39(11)12)15-19(3)46-33(30)49-31/h18-26,28-31,33-34,40,42-44H,14-17H2,1-13H3/b38-27-/t18-,19+,20+,21?,22?,23+,24-,25+,26+,28-,29+,30+,31-,33-,34+,35?,36+,37+/m0/s1. The van der Waals surface area contributed by atoms with Crippen molar-refractivity contribution in [3.63, 3.8) is 0 Å². The van der Waals surface area contributed by atoms with Crippen molar-refractivity contribution >= 4 is 11.7 Å². The predicted octanol–water partition coefficient (Wildman–Crippen LogP) is 3.30. The van der Waals surface area contributed by atoms with E-state index in [0.29, 0.717) is 18.6 Å². The second-order valence-electron chi connectivity index (χ2n) is 16.7. The first kappa shape index (κ1) is 42.3. The zero-order chi connectivity index (χ0) is 38.4. The van der Waals surface area contributed by atoms with Crippen LogP contribution in [0.25, 0.3) is 0 Å². The fourth-order valence-electron chi connectivity index (χ4n) is 9.07. The van der Waals surface area contributed by atoms with Crippen LogP contribution in [0.3, 0.4) is 0 Å². The Kier molecular flexibility index (Phi) is 13.4. The number of carbonyl (C=O) groups is 1. The van der Waals surface area contributed by atoms with Gasteiger partial charge < -0.3 is 58.6 Å². The van der Waals surface area contributed by atoms with Gasteiger partial charge in [-0.25, -0.2) is 0 Å². The summed E-state index contributed by atoms with van der Waals surface area (Å²) >= 11 is 0. The largest absolute Gasteiger partial charge is 0.462 e. The number of nitrogens with zero attached hydrogens (tertiary/aromatic N) is 2. The molecule has 296 valence electrons. The molecule has 4 aliphatic rings. The van der Waals surface area contributed by atoms with Gasteiger partial charge >= 0.3 is 5.97 Å². The molecule has 4 fully saturated rings. The van der Waals surface area contributed by atoms with Gasteiger partial charge in [0.2, 0.25) is 0 Å². The van der Waals surface area contributed by atoms with Gasteiger partial charge in [0, 0.05) is 43.2 Å². The molecule has 3 unspecified atom stereocenters. The maximum absolute atomic E-state index is 14.1. The molecule has 0 saturated carbocycles. The van der Waals surface area contributed by atoms with Crippen LogP contribution in [0, 0.1) is 29.6 Å². The quantitative estimate of drug-likeness (QED) is 0.189. The van der Waals surface area contributed by atoms with Crippen molar-refractivity contribution in [3.8, 4) is 0 Å². The van der Waals surface area contributed by atoms with E-state index >= 15 is 0 Å². The van der Waals surface area contributed by atoms with Crippen molar-refractivity contribution in [1.82, 2.24) is 4.90 Å². The van der Waals surface area contributed by atoms with Crippen LogP contribution in [0.5, 0.6) is 0 Å². The van der Waals surface area contributed by atoms with Gasteiger partial charge in [0.15, 0.2) is 18.4 Å². The van der Waals surface area contributed by atoms with E-state index in [0.717, 1.165) is 0 Å². The smallest absolute Gasteiger partial charge is 0.311 e. The van der Waals surface area contributed by atoms with E-state index in [1.165, 1.54) is 7.11 Å². The van der Waals surface area contributed by atoms with Gasteiger partial charge in [-0.1, -0.05) is 39.8 Å². The van der Waals surface area contributed by atoms with E-state index in [9.17, 15) is 25.3 Å². The lowest BCUT2D eigenvalue weighted by molar-refractivity contribution is -0.419. The first-order valence-electron chi connectivity index (χ1n) is 18.7. The number of esters is 1. The van der Waals surface area contributed by atoms with E-state index < -0.39 is 102 Å². The summed E-state index contributed by atoms with van der Waals surface area (Å²) in [4.78, 5) is 16.2. The van der Waals surface area contributed by atoms with Crippen molar-refractivity contribution in [1.29, 1.82) is 0 Å². The molecular formula is C37H66N2O12. The Balaban J connectivity index is 1.95. The Morgan fingerprint density at radius 3 is 2.14 bits per heavy atom. The van der Waals surface area contributed by atoms with E-state index in [1.54, 1.807) is 41.5 Å². The normalized spacial score (nSPS) is 51.6. The number of likely N-dealkylation sites (N-methyl/N-ethyl adjacent to an activating group) is 1. The molecule has 0 aliphatic carbocycles. The number of hydrogen-bond acceptors (Lipinski definition) is 14. The molecular weight excluding hydrogens is 664 g/mol. The third-order valence-corrected chi connectivity index (χ3v) is 12.3. The Morgan fingerprint density at radius 1 is 0.922 bits per heavy atom. The SMILES string of the molecule is CC[C@H]1OC(=O)[C@H](C)[C@@H]2O[C@H]3C[C@@](C)(OC)[C@@H](O)[C@](C)(O3)O[C@H]3[C@@H](O[C@H](C)C[C@@H]3N(C)C)O[C@@H](C2C)C(C)(O)C[C@H](C)/C(=N/O)C(C)[C@@H](O)[C@@H]1C. The van der Waals surface area contributed by atoms with Crippen LogP contribution < -0.4 is 0 Å². The van der Waals surface area contributed by atoms with E-state index in [4.69, 9.17) is 33.2 Å². The molecule has 4 rings (SSSR count). The third-order valence-electron chi connectivity index (χ3n) is 12.3. The summed E-state index contributed by atoms with van der Waals surface area (Å²) in [6, 6.07) is -0.256. The molecule has 0 radical (unpaired) electrons. The number of oxime groups is 1. The summed E-state index contributed by atoms with van der Waals surface area (Å²) in [6.07, 6.45) is -6.93. The third kappa shape index (κ3) is 8.45. The summed E-state index contributed by atoms with van der Waals surface area (Å²) in [5.41, 5.74) is -2.51. The van der Waals surface area contributed by atoms with E-state index in [1.807, 2.05) is 46.7 Å². The lowest BCUT2D eigenvalue weighted by atomic mass is 9.74. The topological polar surface area (TPSA) is 178 Å². The maximum Gasteiger partial charge on any atom is 0.311 e. The molecule has 4 N–H and O–H groups in total. The minimum Gasteiger partial charge on any atom is -0.462 e. The van der Waals surface area contributed by atoms with Crippen LogP contribution in [-0.4, -0.2) is 137 Å². The number of rotatable bonds is 3. The van der Waals surface area contributed by atoms with Crippen LogP contribution in [0.15, 0.2) is 5.16 Å². The molecule has 0 aromatic carbocycles. The summed E-state index contributed by atoms with van der Waals surface area (Å²) < 4.78 is 45.6. The van der Waals surface area contributed by atoms with Gasteiger partial charge in [-0.2, -0.15) is 0 Å². The molecule has 51 heavy (non-hydrogen) atoms. The Bertz CT molecular complexity index is 1220. The van der Waals surface area contributed by atoms with Crippen LogP contribution in [0.1, 0.15) is 94.9 Å². The van der Waals surface area contributed by atoms with E-state index in [-0.39, 0.29) is 25.0 Å². The van der Waals surface area contributed by atoms with Crippen molar-refractivity contribution in [3.05, 3.63) is 0 Å². The second-order valence-corrected chi connectivity index (χ2v) is 16.7. The number of cyclic esters (lactones) is 1. The molecule has 4 heterocycles. The van der Waals surface area contributed by atoms with Gasteiger partial charge in [0.1, 0.15) is 23.9 Å². The lowest BCUT2D eigenvalue weighted by Gasteiger charge is -2.53. The fourth-order valence-corrected chi connectivity index (χ4v) is 9.07. The number of hydrogen-bond donors (Lipinski definition) is 4. The van der Waals surface area contributed by atoms with Crippen molar-refractivity contribution in [2.75, 3.05) is 21.2 Å². The molecule has 4 bridgehead atoms. The highest BCUT2D eigenvalue weighted by atomic mass is 16.8. The molecule has 18 atom stereocenters. The highest BCUT2D eigenvalue weighted by Crippen LogP contribution is 2.46. The predicted molar refractivity (Wildman–Crippen MR) is 187 cm³/mol. The van der Waals surface area contributed by atoms with Crippen molar-refractivity contribution in [2.24, 2.45) is 34.7 Å². The second kappa shape index (κ2) is 16.1. The van der Waals surface area contributed by atoms with E-state index in [2.05, 4.69) is 5.16 Å². The Labute approximate surface area is 304 Å². The number of aliphatic hydroxyl groups is 3. The molecule has 0 aromatic rings. The number of ether oxygens (including phenoxy) is 7. The number of aliphatic hydroxyl groups excluding tert-OH is 2. The minimum absolute atomic E-state index is 0.0681. The summed E-state index contributed by atoms with van der Waals surface area (Å²) in [5.74, 6) is -5.46. The van der Waals surface area contributed by atoms with Crippen LogP contribution in [-0.2, 0) is 38.0 Å². The van der Waals surface area contributed by atoms with Crippen LogP contribution >= 0.6 is 0 Å². The highest BCUT2D eigenvalue weighted by Gasteiger charge is 2.60. The zero-order valence-corrected chi connectivity index (χ0v) is 32.9. The van der Waals surface area contributed by atoms with Gasteiger partial charge in [-0.15, -0.1) is 0 Å². The summed E-state index contributed by atoms with van der Waals surface area (Å²) in [7, 11) is 5.37. The molecule has 4 saturated heterocycles. The summed E-state index contributed by atoms with van der Waals surface area (Å²) in [6.45, 7) is 17.8. The lowest BCUT2D eigenvalue weighted by Crippen LogP contribution is -2.67. The fraction of sp³-hybridized carbons (Fsp3) is 0.946. The Morgan fingerprint density at radius 2 is 1.57 bits per heavy atom. The molecule has 0 aromatic heterocycles. The van der Waals surface area contributed by atoms with Gasteiger partial charge in [0.25, 0.3) is 0 Å². The van der Waals surface area contributed by atoms with Crippen LogP contribution in [0.4, 0.5) is 0 Å². The first-order chi connectivity index (χ1) is 23.6. The monoisotopic (exact) mass is 730 g/mol. The number of methoxy groups -OCH3 is 1. The summed E-state index contributed by atoms with van der Waals surface area (Å²) in [5, 5.41) is 49.8. The van der Waals surface area contributed by atoms with Crippen molar-refractivity contribution in [2.45, 2.75) is 173 Å². The first-order valence-corrected chi connectivity index (χ1v) is 18.7. The zero-order valence-electron chi connectivity index (χ0n) is 32.9. The molecule has 0 amide bonds. The number of carbonyl (C=O) groups excluding carboxylic acids is 1. The molecule has 14 heteroatoms. The minimum atomic E-state index is -1.67. The van der Waals surface area contributed by atoms with Crippen LogP contribution in [0.2, 0.25) is 0 Å². The van der Waals surface area contributed by atoms with Gasteiger partial charge in [-0.05, 0) is 68.0 Å². The number of fused-ring (bicyclic) bond motifs is 5. The average molecular weight is 731 g/mol. The Hall–Kier alpha value is -1.46. The molecule has 4 aliphatic heterocycles. The molecule has 0 spiro atoms.